The maximum Gasteiger partial charge on any atom is 0.390 e. The summed E-state index contributed by atoms with van der Waals surface area (Å²) in [4.78, 5) is 0. The van der Waals surface area contributed by atoms with Gasteiger partial charge in [0.05, 0.1) is 12.1 Å². The summed E-state index contributed by atoms with van der Waals surface area (Å²) in [5.74, 6) is 0. The monoisotopic (exact) mass is 277 g/mol. The van der Waals surface area contributed by atoms with E-state index < -0.39 is 18.6 Å². The summed E-state index contributed by atoms with van der Waals surface area (Å²) in [6.45, 7) is 6.42. The Balaban J connectivity index is 2.65. The summed E-state index contributed by atoms with van der Waals surface area (Å²) in [7, 11) is 0. The molecule has 0 aliphatic rings. The second kappa shape index (κ2) is 6.93. The second-order valence-corrected chi connectivity index (χ2v) is 4.82. The topological polar surface area (TPSA) is 29.9 Å². The summed E-state index contributed by atoms with van der Waals surface area (Å²) in [6.07, 6.45) is -1.89. The van der Waals surface area contributed by atoms with Crippen molar-refractivity contribution in [1.82, 2.24) is 15.1 Å². The quantitative estimate of drug-likeness (QED) is 0.828. The van der Waals surface area contributed by atoms with E-state index in [9.17, 15) is 13.2 Å². The molecule has 6 heteroatoms. The molecule has 19 heavy (non-hydrogen) atoms. The van der Waals surface area contributed by atoms with Crippen molar-refractivity contribution >= 4 is 0 Å². The van der Waals surface area contributed by atoms with Crippen LogP contribution in [0.4, 0.5) is 13.2 Å². The first-order valence-electron chi connectivity index (χ1n) is 6.69. The summed E-state index contributed by atoms with van der Waals surface area (Å²) in [6, 6.07) is 1.46. The van der Waals surface area contributed by atoms with Crippen LogP contribution < -0.4 is 5.32 Å². The number of likely N-dealkylation sites (N-methyl/N-ethyl adjacent to an activating group) is 1. The van der Waals surface area contributed by atoms with Crippen LogP contribution in [0.15, 0.2) is 12.3 Å². The maximum absolute atomic E-state index is 12.5. The standard InChI is InChI=1S/C13H22F3N3/c1-4-10(3)19-7-6-11(18-19)8-12(17-5-2)9-13(14,15)16/h6-7,10,12,17H,4-5,8-9H2,1-3H3. The van der Waals surface area contributed by atoms with Crippen molar-refractivity contribution in [2.45, 2.75) is 58.3 Å². The summed E-state index contributed by atoms with van der Waals surface area (Å²) in [5, 5.41) is 7.21. The van der Waals surface area contributed by atoms with E-state index in [1.54, 1.807) is 13.0 Å². The molecule has 0 spiro atoms. The van der Waals surface area contributed by atoms with E-state index in [1.807, 2.05) is 17.8 Å². The van der Waals surface area contributed by atoms with Crippen molar-refractivity contribution in [2.75, 3.05) is 6.54 Å². The molecule has 2 unspecified atom stereocenters. The van der Waals surface area contributed by atoms with Gasteiger partial charge in [0.15, 0.2) is 0 Å². The average molecular weight is 277 g/mol. The molecule has 0 aliphatic carbocycles. The van der Waals surface area contributed by atoms with Crippen LogP contribution in [0.3, 0.4) is 0 Å². The first-order chi connectivity index (χ1) is 8.85. The molecule has 1 heterocycles. The highest BCUT2D eigenvalue weighted by molar-refractivity contribution is 5.02. The minimum absolute atomic E-state index is 0.272. The van der Waals surface area contributed by atoms with Crippen molar-refractivity contribution in [3.63, 3.8) is 0 Å². The van der Waals surface area contributed by atoms with E-state index in [4.69, 9.17) is 0 Å². The minimum atomic E-state index is -4.15. The predicted octanol–water partition coefficient (Wildman–Crippen LogP) is 3.33. The fourth-order valence-electron chi connectivity index (χ4n) is 1.96. The number of alkyl halides is 3. The third kappa shape index (κ3) is 5.63. The Bertz CT molecular complexity index is 373. The SMILES string of the molecule is CCNC(Cc1ccn(C(C)CC)n1)CC(F)(F)F. The van der Waals surface area contributed by atoms with Gasteiger partial charge in [0.1, 0.15) is 0 Å². The van der Waals surface area contributed by atoms with Crippen LogP contribution in [0.1, 0.15) is 45.3 Å². The van der Waals surface area contributed by atoms with E-state index in [2.05, 4.69) is 17.3 Å². The van der Waals surface area contributed by atoms with E-state index in [1.165, 1.54) is 0 Å². The molecule has 0 bridgehead atoms. The van der Waals surface area contributed by atoms with Crippen molar-refractivity contribution in [3.8, 4) is 0 Å². The second-order valence-electron chi connectivity index (χ2n) is 4.82. The lowest BCUT2D eigenvalue weighted by Gasteiger charge is -2.18. The van der Waals surface area contributed by atoms with Gasteiger partial charge in [-0.3, -0.25) is 4.68 Å². The van der Waals surface area contributed by atoms with Gasteiger partial charge in [-0.15, -0.1) is 0 Å². The lowest BCUT2D eigenvalue weighted by molar-refractivity contribution is -0.139. The van der Waals surface area contributed by atoms with Crippen molar-refractivity contribution < 1.29 is 13.2 Å². The smallest absolute Gasteiger partial charge is 0.314 e. The third-order valence-electron chi connectivity index (χ3n) is 3.13. The van der Waals surface area contributed by atoms with Crippen LogP contribution in [0.25, 0.3) is 0 Å². The Morgan fingerprint density at radius 1 is 1.37 bits per heavy atom. The van der Waals surface area contributed by atoms with Crippen LogP contribution in [0, 0.1) is 0 Å². The number of nitrogens with one attached hydrogen (secondary N) is 1. The van der Waals surface area contributed by atoms with Crippen molar-refractivity contribution in [1.29, 1.82) is 0 Å². The van der Waals surface area contributed by atoms with Crippen LogP contribution in [0.2, 0.25) is 0 Å². The number of aromatic nitrogens is 2. The van der Waals surface area contributed by atoms with Gasteiger partial charge in [-0.25, -0.2) is 0 Å². The van der Waals surface area contributed by atoms with Gasteiger partial charge in [-0.05, 0) is 26.0 Å². The number of rotatable bonds is 7. The van der Waals surface area contributed by atoms with Gasteiger partial charge < -0.3 is 5.32 Å². The Morgan fingerprint density at radius 2 is 2.05 bits per heavy atom. The highest BCUT2D eigenvalue weighted by Crippen LogP contribution is 2.23. The molecular weight excluding hydrogens is 255 g/mol. The van der Waals surface area contributed by atoms with Crippen LogP contribution in [0.5, 0.6) is 0 Å². The fraction of sp³-hybridized carbons (Fsp3) is 0.769. The molecule has 0 radical (unpaired) electrons. The van der Waals surface area contributed by atoms with Crippen LogP contribution >= 0.6 is 0 Å². The van der Waals surface area contributed by atoms with Gasteiger partial charge in [0, 0.05) is 24.7 Å². The molecule has 0 aromatic carbocycles. The fourth-order valence-corrected chi connectivity index (χ4v) is 1.96. The molecule has 2 atom stereocenters. The third-order valence-corrected chi connectivity index (χ3v) is 3.13. The van der Waals surface area contributed by atoms with Gasteiger partial charge in [-0.2, -0.15) is 18.3 Å². The Labute approximate surface area is 112 Å². The van der Waals surface area contributed by atoms with Gasteiger partial charge in [-0.1, -0.05) is 13.8 Å². The Hall–Kier alpha value is -1.04. The van der Waals surface area contributed by atoms with Gasteiger partial charge in [0.25, 0.3) is 0 Å². The number of hydrogen-bond acceptors (Lipinski definition) is 2. The highest BCUT2D eigenvalue weighted by Gasteiger charge is 2.31. The van der Waals surface area contributed by atoms with E-state index in [0.717, 1.165) is 6.42 Å². The predicted molar refractivity (Wildman–Crippen MR) is 69.1 cm³/mol. The zero-order valence-electron chi connectivity index (χ0n) is 11.7. The molecule has 0 aliphatic heterocycles. The Kier molecular flexibility index (Phi) is 5.85. The molecule has 1 aromatic heterocycles. The van der Waals surface area contributed by atoms with E-state index in [-0.39, 0.29) is 6.04 Å². The van der Waals surface area contributed by atoms with Crippen LogP contribution in [-0.4, -0.2) is 28.5 Å². The summed E-state index contributed by atoms with van der Waals surface area (Å²) < 4.78 is 39.2. The molecule has 0 saturated heterocycles. The number of nitrogens with zero attached hydrogens (tertiary/aromatic N) is 2. The van der Waals surface area contributed by atoms with Gasteiger partial charge >= 0.3 is 6.18 Å². The van der Waals surface area contributed by atoms with Crippen molar-refractivity contribution in [3.05, 3.63) is 18.0 Å². The summed E-state index contributed by atoms with van der Waals surface area (Å²) in [5.41, 5.74) is 0.704. The molecule has 0 saturated carbocycles. The highest BCUT2D eigenvalue weighted by atomic mass is 19.4. The Morgan fingerprint density at radius 3 is 2.58 bits per heavy atom. The molecular formula is C13H22F3N3. The molecule has 1 N–H and O–H groups in total. The largest absolute Gasteiger partial charge is 0.390 e. The normalized spacial score (nSPS) is 15.5. The number of halogens is 3. The zero-order chi connectivity index (χ0) is 14.5. The first-order valence-corrected chi connectivity index (χ1v) is 6.69. The maximum atomic E-state index is 12.5. The first kappa shape index (κ1) is 16.0. The molecule has 0 amide bonds. The van der Waals surface area contributed by atoms with Crippen LogP contribution in [-0.2, 0) is 6.42 Å². The van der Waals surface area contributed by atoms with E-state index in [0.29, 0.717) is 18.7 Å². The van der Waals surface area contributed by atoms with E-state index >= 15 is 0 Å². The zero-order valence-corrected chi connectivity index (χ0v) is 11.7. The summed E-state index contributed by atoms with van der Waals surface area (Å²) >= 11 is 0. The lowest BCUT2D eigenvalue weighted by atomic mass is 10.1. The molecule has 3 nitrogen and oxygen atoms in total. The molecule has 110 valence electrons. The molecule has 1 aromatic rings. The number of hydrogen-bond donors (Lipinski definition) is 1. The lowest BCUT2D eigenvalue weighted by Crippen LogP contribution is -2.35. The minimum Gasteiger partial charge on any atom is -0.314 e. The van der Waals surface area contributed by atoms with Gasteiger partial charge in [0.2, 0.25) is 0 Å². The molecule has 0 fully saturated rings. The average Bonchev–Trinajstić information content (AvgIpc) is 2.74. The van der Waals surface area contributed by atoms with Crippen molar-refractivity contribution in [2.24, 2.45) is 0 Å². The molecule has 1 rings (SSSR count).